The van der Waals surface area contributed by atoms with Crippen LogP contribution in [-0.4, -0.2) is 23.4 Å². The molecule has 98 valence electrons. The first kappa shape index (κ1) is 12.0. The Kier molecular flexibility index (Phi) is 3.20. The molecule has 5 unspecified atom stereocenters. The molecule has 0 amide bonds. The molecule has 3 rings (SSSR count). The van der Waals surface area contributed by atoms with Crippen LogP contribution in [0.1, 0.15) is 51.4 Å². The highest BCUT2D eigenvalue weighted by molar-refractivity contribution is 5.08. The van der Waals surface area contributed by atoms with Crippen molar-refractivity contribution in [3.05, 3.63) is 0 Å². The molecule has 0 aliphatic heterocycles. The van der Waals surface area contributed by atoms with Crippen LogP contribution < -0.4 is 0 Å². The molecule has 0 heterocycles. The van der Waals surface area contributed by atoms with Gasteiger partial charge in [-0.15, -0.1) is 0 Å². The minimum Gasteiger partial charge on any atom is -0.396 e. The molecule has 1 spiro atoms. The molecule has 3 aliphatic rings. The normalized spacial score (nSPS) is 49.1. The average molecular weight is 238 g/mol. The van der Waals surface area contributed by atoms with Gasteiger partial charge in [-0.3, -0.25) is 0 Å². The van der Waals surface area contributed by atoms with Gasteiger partial charge in [0.2, 0.25) is 0 Å². The van der Waals surface area contributed by atoms with E-state index in [0.717, 1.165) is 18.3 Å². The van der Waals surface area contributed by atoms with Gasteiger partial charge in [0.25, 0.3) is 0 Å². The Bertz CT molecular complexity index is 278. The third kappa shape index (κ3) is 1.67. The zero-order chi connectivity index (χ0) is 11.9. The Balaban J connectivity index is 1.85. The van der Waals surface area contributed by atoms with Crippen molar-refractivity contribution in [1.29, 1.82) is 0 Å². The summed E-state index contributed by atoms with van der Waals surface area (Å²) in [6.07, 6.45) is 10.6. The van der Waals surface area contributed by atoms with Crippen LogP contribution in [0.15, 0.2) is 0 Å². The molecule has 0 saturated heterocycles. The Morgan fingerprint density at radius 2 is 1.94 bits per heavy atom. The summed E-state index contributed by atoms with van der Waals surface area (Å²) in [7, 11) is 0. The fourth-order valence-corrected chi connectivity index (χ4v) is 5.74. The molecule has 0 aromatic carbocycles. The van der Waals surface area contributed by atoms with Gasteiger partial charge in [-0.1, -0.05) is 12.8 Å². The van der Waals surface area contributed by atoms with E-state index in [0.29, 0.717) is 30.5 Å². The molecular weight excluding hydrogens is 212 g/mol. The third-order valence-corrected chi connectivity index (χ3v) is 6.28. The number of aliphatic hydroxyl groups is 2. The minimum absolute atomic E-state index is 0.304. The van der Waals surface area contributed by atoms with Gasteiger partial charge in [-0.05, 0) is 67.6 Å². The zero-order valence-corrected chi connectivity index (χ0v) is 10.8. The molecule has 3 fully saturated rings. The predicted molar refractivity (Wildman–Crippen MR) is 67.5 cm³/mol. The van der Waals surface area contributed by atoms with Crippen LogP contribution in [0.4, 0.5) is 0 Å². The maximum Gasteiger partial charge on any atom is 0.0462 e. The van der Waals surface area contributed by atoms with Crippen LogP contribution in [-0.2, 0) is 0 Å². The lowest BCUT2D eigenvalue weighted by molar-refractivity contribution is 0.0862. The van der Waals surface area contributed by atoms with Crippen molar-refractivity contribution in [3.63, 3.8) is 0 Å². The van der Waals surface area contributed by atoms with Gasteiger partial charge < -0.3 is 10.2 Å². The van der Waals surface area contributed by atoms with Crippen molar-refractivity contribution >= 4 is 0 Å². The van der Waals surface area contributed by atoms with E-state index in [1.54, 1.807) is 0 Å². The maximum absolute atomic E-state index is 9.62. The van der Waals surface area contributed by atoms with E-state index < -0.39 is 0 Å². The summed E-state index contributed by atoms with van der Waals surface area (Å²) in [5.41, 5.74) is 0.575. The summed E-state index contributed by atoms with van der Waals surface area (Å²) in [6, 6.07) is 0. The lowest BCUT2D eigenvalue weighted by Crippen LogP contribution is -2.32. The van der Waals surface area contributed by atoms with Crippen molar-refractivity contribution in [1.82, 2.24) is 0 Å². The molecule has 2 nitrogen and oxygen atoms in total. The second-order valence-corrected chi connectivity index (χ2v) is 6.68. The summed E-state index contributed by atoms with van der Waals surface area (Å²) in [5.74, 6) is 2.84. The van der Waals surface area contributed by atoms with Gasteiger partial charge in [0, 0.05) is 13.2 Å². The van der Waals surface area contributed by atoms with Crippen LogP contribution in [0.5, 0.6) is 0 Å². The second-order valence-electron chi connectivity index (χ2n) is 6.68. The quantitative estimate of drug-likeness (QED) is 0.793. The number of hydrogen-bond acceptors (Lipinski definition) is 2. The third-order valence-electron chi connectivity index (χ3n) is 6.28. The van der Waals surface area contributed by atoms with Gasteiger partial charge in [0.05, 0.1) is 0 Å². The largest absolute Gasteiger partial charge is 0.396 e. The van der Waals surface area contributed by atoms with Crippen LogP contribution in [0, 0.1) is 29.1 Å². The van der Waals surface area contributed by atoms with Crippen molar-refractivity contribution < 1.29 is 10.2 Å². The Morgan fingerprint density at radius 1 is 1.06 bits per heavy atom. The lowest BCUT2D eigenvalue weighted by Gasteiger charge is -2.40. The first-order valence-electron chi connectivity index (χ1n) is 7.53. The van der Waals surface area contributed by atoms with E-state index in [1.807, 2.05) is 0 Å². The molecule has 0 aromatic rings. The number of hydrogen-bond donors (Lipinski definition) is 2. The van der Waals surface area contributed by atoms with Crippen LogP contribution >= 0.6 is 0 Å². The zero-order valence-electron chi connectivity index (χ0n) is 10.8. The molecule has 3 aliphatic carbocycles. The SMILES string of the molecule is OCCC1C(CO)CC23CCCCC2CCC13. The van der Waals surface area contributed by atoms with E-state index in [1.165, 1.54) is 44.9 Å². The van der Waals surface area contributed by atoms with Gasteiger partial charge in [0.1, 0.15) is 0 Å². The molecular formula is C15H26O2. The maximum atomic E-state index is 9.62. The lowest BCUT2D eigenvalue weighted by atomic mass is 9.64. The van der Waals surface area contributed by atoms with E-state index in [2.05, 4.69) is 0 Å². The van der Waals surface area contributed by atoms with Gasteiger partial charge in [-0.2, -0.15) is 0 Å². The molecule has 0 aromatic heterocycles. The fourth-order valence-electron chi connectivity index (χ4n) is 5.74. The molecule has 3 saturated carbocycles. The molecule has 0 bridgehead atoms. The molecule has 0 radical (unpaired) electrons. The van der Waals surface area contributed by atoms with Gasteiger partial charge >= 0.3 is 0 Å². The predicted octanol–water partition coefficient (Wildman–Crippen LogP) is 2.58. The molecule has 5 atom stereocenters. The number of aliphatic hydroxyl groups excluding tert-OH is 2. The van der Waals surface area contributed by atoms with Crippen molar-refractivity contribution in [2.45, 2.75) is 51.4 Å². The topological polar surface area (TPSA) is 40.5 Å². The van der Waals surface area contributed by atoms with Crippen molar-refractivity contribution in [3.8, 4) is 0 Å². The molecule has 2 N–H and O–H groups in total. The van der Waals surface area contributed by atoms with Crippen LogP contribution in [0.3, 0.4) is 0 Å². The standard InChI is InChI=1S/C15H26O2/c16-8-6-13-11(10-17)9-15-7-2-1-3-12(15)4-5-14(13)15/h11-14,16-17H,1-10H2. The minimum atomic E-state index is 0.304. The highest BCUT2D eigenvalue weighted by Gasteiger charge is 2.59. The first-order valence-corrected chi connectivity index (χ1v) is 7.53. The highest BCUT2D eigenvalue weighted by atomic mass is 16.3. The summed E-state index contributed by atoms with van der Waals surface area (Å²) < 4.78 is 0. The summed E-state index contributed by atoms with van der Waals surface area (Å²) in [5, 5.41) is 18.9. The van der Waals surface area contributed by atoms with Crippen molar-refractivity contribution in [2.75, 3.05) is 13.2 Å². The van der Waals surface area contributed by atoms with E-state index >= 15 is 0 Å². The van der Waals surface area contributed by atoms with E-state index in [4.69, 9.17) is 0 Å². The first-order chi connectivity index (χ1) is 8.31. The van der Waals surface area contributed by atoms with Crippen LogP contribution in [0.2, 0.25) is 0 Å². The summed E-state index contributed by atoms with van der Waals surface area (Å²) >= 11 is 0. The van der Waals surface area contributed by atoms with Gasteiger partial charge in [0.15, 0.2) is 0 Å². The highest BCUT2D eigenvalue weighted by Crippen LogP contribution is 2.66. The monoisotopic (exact) mass is 238 g/mol. The smallest absolute Gasteiger partial charge is 0.0462 e. The summed E-state index contributed by atoms with van der Waals surface area (Å²) in [6.45, 7) is 0.647. The Labute approximate surface area is 104 Å². The van der Waals surface area contributed by atoms with Gasteiger partial charge in [-0.25, -0.2) is 0 Å². The van der Waals surface area contributed by atoms with Crippen molar-refractivity contribution in [2.24, 2.45) is 29.1 Å². The average Bonchev–Trinajstić information content (AvgIpc) is 2.84. The molecule has 17 heavy (non-hydrogen) atoms. The fraction of sp³-hybridized carbons (Fsp3) is 1.00. The molecule has 2 heteroatoms. The van der Waals surface area contributed by atoms with E-state index in [9.17, 15) is 10.2 Å². The Morgan fingerprint density at radius 3 is 2.71 bits per heavy atom. The Hall–Kier alpha value is -0.0800. The van der Waals surface area contributed by atoms with Crippen LogP contribution in [0.25, 0.3) is 0 Å². The number of rotatable bonds is 3. The second kappa shape index (κ2) is 4.55. The summed E-state index contributed by atoms with van der Waals surface area (Å²) in [4.78, 5) is 0. The van der Waals surface area contributed by atoms with E-state index in [-0.39, 0.29) is 0 Å².